The number of nitrogens with one attached hydrogen (secondary N) is 1. The summed E-state index contributed by atoms with van der Waals surface area (Å²) in [6.07, 6.45) is 0.872. The lowest BCUT2D eigenvalue weighted by Gasteiger charge is -2.36. The van der Waals surface area contributed by atoms with Gasteiger partial charge in [0.05, 0.1) is 10.0 Å². The standard InChI is InChI=1S/C15H21Cl2FN2.ClH/c1-10(2)9-13(20-7-5-19-6-8-20)14-12(18)4-3-11(16)15(14)17;/h3-4,10,13,19H,5-9H2,1-2H3;1H/t13-;/m0./s1. The second-order valence-electron chi connectivity index (χ2n) is 5.69. The van der Waals surface area contributed by atoms with Gasteiger partial charge in [-0.05, 0) is 24.5 Å². The summed E-state index contributed by atoms with van der Waals surface area (Å²) in [5, 5.41) is 4.10. The minimum atomic E-state index is -0.261. The highest BCUT2D eigenvalue weighted by Crippen LogP contribution is 2.38. The highest BCUT2D eigenvalue weighted by Gasteiger charge is 2.28. The van der Waals surface area contributed by atoms with Crippen LogP contribution in [0, 0.1) is 11.7 Å². The Balaban J connectivity index is 0.00000220. The number of rotatable bonds is 4. The number of benzene rings is 1. The fourth-order valence-corrected chi connectivity index (χ4v) is 3.18. The number of piperazine rings is 1. The molecule has 0 radical (unpaired) electrons. The molecule has 21 heavy (non-hydrogen) atoms. The molecule has 1 N–H and O–H groups in total. The zero-order valence-electron chi connectivity index (χ0n) is 12.3. The Hall–Kier alpha value is -0.0600. The molecule has 1 aromatic rings. The van der Waals surface area contributed by atoms with E-state index in [4.69, 9.17) is 23.2 Å². The summed E-state index contributed by atoms with van der Waals surface area (Å²) in [5.74, 6) is 0.202. The lowest BCUT2D eigenvalue weighted by atomic mass is 9.94. The summed E-state index contributed by atoms with van der Waals surface area (Å²) >= 11 is 12.4. The van der Waals surface area contributed by atoms with E-state index in [2.05, 4.69) is 24.1 Å². The second kappa shape index (κ2) is 8.54. The van der Waals surface area contributed by atoms with Crippen LogP contribution in [0.15, 0.2) is 12.1 Å². The summed E-state index contributed by atoms with van der Waals surface area (Å²) in [5.41, 5.74) is 0.551. The summed E-state index contributed by atoms with van der Waals surface area (Å²) in [7, 11) is 0. The van der Waals surface area contributed by atoms with E-state index in [0.717, 1.165) is 32.6 Å². The molecule has 1 heterocycles. The molecule has 1 fully saturated rings. The Bertz CT molecular complexity index is 462. The highest BCUT2D eigenvalue weighted by atomic mass is 35.5. The van der Waals surface area contributed by atoms with E-state index in [9.17, 15) is 4.39 Å². The minimum Gasteiger partial charge on any atom is -0.314 e. The van der Waals surface area contributed by atoms with Gasteiger partial charge < -0.3 is 5.32 Å². The predicted octanol–water partition coefficient (Wildman–Crippen LogP) is 4.55. The van der Waals surface area contributed by atoms with E-state index in [1.807, 2.05) is 0 Å². The maximum atomic E-state index is 14.3. The first kappa shape index (κ1) is 19.0. The van der Waals surface area contributed by atoms with Gasteiger partial charge >= 0.3 is 0 Å². The lowest BCUT2D eigenvalue weighted by molar-refractivity contribution is 0.151. The topological polar surface area (TPSA) is 15.3 Å². The Kier molecular flexibility index (Phi) is 7.72. The lowest BCUT2D eigenvalue weighted by Crippen LogP contribution is -2.45. The van der Waals surface area contributed by atoms with Gasteiger partial charge in [-0.15, -0.1) is 12.4 Å². The molecule has 1 aromatic carbocycles. The maximum Gasteiger partial charge on any atom is 0.129 e. The molecule has 2 nitrogen and oxygen atoms in total. The first-order chi connectivity index (χ1) is 9.50. The van der Waals surface area contributed by atoms with Gasteiger partial charge in [0.2, 0.25) is 0 Å². The summed E-state index contributed by atoms with van der Waals surface area (Å²) in [4.78, 5) is 2.30. The van der Waals surface area contributed by atoms with Crippen LogP contribution in [-0.2, 0) is 0 Å². The van der Waals surface area contributed by atoms with Crippen molar-refractivity contribution in [2.45, 2.75) is 26.3 Å². The Morgan fingerprint density at radius 1 is 1.24 bits per heavy atom. The van der Waals surface area contributed by atoms with Gasteiger partial charge in [0.15, 0.2) is 0 Å². The Morgan fingerprint density at radius 2 is 1.86 bits per heavy atom. The third kappa shape index (κ3) is 4.70. The molecule has 120 valence electrons. The quantitative estimate of drug-likeness (QED) is 0.797. The Labute approximate surface area is 142 Å². The molecule has 1 atom stereocenters. The van der Waals surface area contributed by atoms with Crippen molar-refractivity contribution in [2.24, 2.45) is 5.92 Å². The molecular weight excluding hydrogens is 334 g/mol. The summed E-state index contributed by atoms with van der Waals surface area (Å²) in [6, 6.07) is 2.93. The van der Waals surface area contributed by atoms with Crippen molar-refractivity contribution in [3.8, 4) is 0 Å². The van der Waals surface area contributed by atoms with Crippen molar-refractivity contribution in [1.29, 1.82) is 0 Å². The molecule has 1 aliphatic rings. The fraction of sp³-hybridized carbons (Fsp3) is 0.600. The minimum absolute atomic E-state index is 0. The van der Waals surface area contributed by atoms with Crippen LogP contribution in [0.25, 0.3) is 0 Å². The average Bonchev–Trinajstić information content (AvgIpc) is 2.43. The van der Waals surface area contributed by atoms with Gasteiger partial charge in [0.1, 0.15) is 5.82 Å². The van der Waals surface area contributed by atoms with Crippen LogP contribution < -0.4 is 5.32 Å². The van der Waals surface area contributed by atoms with Gasteiger partial charge in [0.25, 0.3) is 0 Å². The molecule has 6 heteroatoms. The maximum absolute atomic E-state index is 14.3. The van der Waals surface area contributed by atoms with Crippen molar-refractivity contribution in [2.75, 3.05) is 26.2 Å². The van der Waals surface area contributed by atoms with Gasteiger partial charge in [-0.1, -0.05) is 37.0 Å². The van der Waals surface area contributed by atoms with E-state index >= 15 is 0 Å². The molecule has 1 saturated heterocycles. The molecule has 0 saturated carbocycles. The van der Waals surface area contributed by atoms with Crippen LogP contribution in [0.3, 0.4) is 0 Å². The Morgan fingerprint density at radius 3 is 2.43 bits per heavy atom. The highest BCUT2D eigenvalue weighted by molar-refractivity contribution is 6.42. The van der Waals surface area contributed by atoms with E-state index in [-0.39, 0.29) is 24.3 Å². The van der Waals surface area contributed by atoms with Crippen molar-refractivity contribution in [1.82, 2.24) is 10.2 Å². The first-order valence-electron chi connectivity index (χ1n) is 7.09. The molecule has 0 bridgehead atoms. The number of halogens is 4. The fourth-order valence-electron chi connectivity index (χ4n) is 2.74. The van der Waals surface area contributed by atoms with Crippen LogP contribution in [0.2, 0.25) is 10.0 Å². The van der Waals surface area contributed by atoms with Crippen molar-refractivity contribution in [3.05, 3.63) is 33.6 Å². The van der Waals surface area contributed by atoms with Crippen LogP contribution in [0.5, 0.6) is 0 Å². The number of hydrogen-bond donors (Lipinski definition) is 1. The van der Waals surface area contributed by atoms with E-state index in [0.29, 0.717) is 21.5 Å². The predicted molar refractivity (Wildman–Crippen MR) is 90.3 cm³/mol. The SMILES string of the molecule is CC(C)C[C@@H](c1c(F)ccc(Cl)c1Cl)N1CCNCC1.Cl. The second-order valence-corrected chi connectivity index (χ2v) is 6.47. The van der Waals surface area contributed by atoms with Crippen LogP contribution >= 0.6 is 35.6 Å². The third-order valence-electron chi connectivity index (χ3n) is 3.70. The molecule has 0 aromatic heterocycles. The van der Waals surface area contributed by atoms with Crippen molar-refractivity contribution < 1.29 is 4.39 Å². The van der Waals surface area contributed by atoms with Gasteiger partial charge in [-0.2, -0.15) is 0 Å². The molecule has 2 rings (SSSR count). The molecule has 0 spiro atoms. The zero-order valence-corrected chi connectivity index (χ0v) is 14.7. The number of nitrogens with zero attached hydrogens (tertiary/aromatic N) is 1. The molecule has 0 amide bonds. The number of hydrogen-bond acceptors (Lipinski definition) is 2. The van der Waals surface area contributed by atoms with E-state index < -0.39 is 0 Å². The molecule has 1 aliphatic heterocycles. The van der Waals surface area contributed by atoms with E-state index in [1.165, 1.54) is 12.1 Å². The zero-order chi connectivity index (χ0) is 14.7. The molecule has 0 aliphatic carbocycles. The largest absolute Gasteiger partial charge is 0.314 e. The smallest absolute Gasteiger partial charge is 0.129 e. The van der Waals surface area contributed by atoms with Gasteiger partial charge in [0, 0.05) is 37.8 Å². The third-order valence-corrected chi connectivity index (χ3v) is 4.52. The normalized spacial score (nSPS) is 17.6. The molecule has 0 unspecified atom stereocenters. The summed E-state index contributed by atoms with van der Waals surface area (Å²) in [6.45, 7) is 7.94. The monoisotopic (exact) mass is 354 g/mol. The van der Waals surface area contributed by atoms with Crippen molar-refractivity contribution in [3.63, 3.8) is 0 Å². The van der Waals surface area contributed by atoms with Crippen LogP contribution in [-0.4, -0.2) is 31.1 Å². The first-order valence-corrected chi connectivity index (χ1v) is 7.84. The van der Waals surface area contributed by atoms with Gasteiger partial charge in [-0.25, -0.2) is 4.39 Å². The van der Waals surface area contributed by atoms with Gasteiger partial charge in [-0.3, -0.25) is 4.90 Å². The molecular formula is C15H22Cl3FN2. The average molecular weight is 356 g/mol. The van der Waals surface area contributed by atoms with Crippen LogP contribution in [0.4, 0.5) is 4.39 Å². The van der Waals surface area contributed by atoms with E-state index in [1.54, 1.807) is 0 Å². The summed E-state index contributed by atoms with van der Waals surface area (Å²) < 4.78 is 14.3. The van der Waals surface area contributed by atoms with Crippen LogP contribution in [0.1, 0.15) is 31.9 Å². The van der Waals surface area contributed by atoms with Crippen molar-refractivity contribution >= 4 is 35.6 Å².